The number of hydrogen-bond acceptors (Lipinski definition) is 3. The van der Waals surface area contributed by atoms with Gasteiger partial charge < -0.3 is 9.05 Å². The first-order valence-electron chi connectivity index (χ1n) is 2.69. The molecule has 0 spiro atoms. The van der Waals surface area contributed by atoms with Crippen LogP contribution in [-0.2, 0) is 13.6 Å². The zero-order valence-electron chi connectivity index (χ0n) is 5.53. The van der Waals surface area contributed by atoms with Crippen molar-refractivity contribution in [3.8, 4) is 12.3 Å². The lowest BCUT2D eigenvalue weighted by Gasteiger charge is -2.05. The zero-order valence-corrected chi connectivity index (χ0v) is 6.43. The van der Waals surface area contributed by atoms with Gasteiger partial charge in [-0.05, 0) is 0 Å². The first-order chi connectivity index (χ1) is 4.70. The van der Waals surface area contributed by atoms with Gasteiger partial charge in [-0.15, -0.1) is 6.42 Å². The minimum Gasteiger partial charge on any atom is -0.431 e. The second-order valence-electron chi connectivity index (χ2n) is 1.84. The molecular weight excluding hydrogens is 151 g/mol. The van der Waals surface area contributed by atoms with Gasteiger partial charge in [0, 0.05) is 12.7 Å². The topological polar surface area (TPSA) is 35.5 Å². The average molecular weight is 158 g/mol. The van der Waals surface area contributed by atoms with Crippen LogP contribution in [0.5, 0.6) is 0 Å². The molecule has 1 atom stereocenters. The maximum absolute atomic E-state index is 11.2. The van der Waals surface area contributed by atoms with Gasteiger partial charge in [-0.1, -0.05) is 5.92 Å². The predicted octanol–water partition coefficient (Wildman–Crippen LogP) is 1.37. The van der Waals surface area contributed by atoms with Crippen molar-refractivity contribution in [1.29, 1.82) is 0 Å². The highest BCUT2D eigenvalue weighted by Gasteiger charge is 2.29. The number of hydrogen-bond donors (Lipinski definition) is 0. The molecule has 54 valence electrons. The molecule has 0 amide bonds. The molecule has 1 aliphatic rings. The Labute approximate surface area is 59.6 Å². The van der Waals surface area contributed by atoms with E-state index in [9.17, 15) is 4.57 Å². The minimum absolute atomic E-state index is 0.222. The molecule has 0 aliphatic carbocycles. The van der Waals surface area contributed by atoms with Crippen molar-refractivity contribution < 1.29 is 13.6 Å². The summed E-state index contributed by atoms with van der Waals surface area (Å²) in [7, 11) is -1.52. The van der Waals surface area contributed by atoms with Crippen LogP contribution in [-0.4, -0.2) is 13.3 Å². The van der Waals surface area contributed by atoms with Crippen LogP contribution in [0.15, 0.2) is 11.8 Å². The summed E-state index contributed by atoms with van der Waals surface area (Å²) in [6, 6.07) is 0. The Bertz CT molecular complexity index is 248. The molecule has 1 aliphatic heterocycles. The van der Waals surface area contributed by atoms with Gasteiger partial charge in [0.2, 0.25) is 0 Å². The molecule has 4 heteroatoms. The highest BCUT2D eigenvalue weighted by molar-refractivity contribution is 7.54. The van der Waals surface area contributed by atoms with Crippen LogP contribution < -0.4 is 0 Å². The molecule has 1 rings (SSSR count). The van der Waals surface area contributed by atoms with E-state index in [1.165, 1.54) is 13.4 Å². The molecule has 10 heavy (non-hydrogen) atoms. The van der Waals surface area contributed by atoms with E-state index in [2.05, 4.69) is 10.4 Å². The average Bonchev–Trinajstić information content (AvgIpc) is 2.33. The maximum Gasteiger partial charge on any atom is 0.383 e. The summed E-state index contributed by atoms with van der Waals surface area (Å²) in [5, 5.41) is 0. The number of rotatable bonds is 1. The van der Waals surface area contributed by atoms with E-state index in [0.717, 1.165) is 0 Å². The van der Waals surface area contributed by atoms with Crippen molar-refractivity contribution in [1.82, 2.24) is 0 Å². The fourth-order valence-electron chi connectivity index (χ4n) is 0.614. The third-order valence-electron chi connectivity index (χ3n) is 1.18. The monoisotopic (exact) mass is 158 g/mol. The lowest BCUT2D eigenvalue weighted by Crippen LogP contribution is -1.86. The second kappa shape index (κ2) is 2.49. The van der Waals surface area contributed by atoms with Crippen molar-refractivity contribution in [2.75, 3.05) is 13.3 Å². The molecule has 0 aromatic heterocycles. The van der Waals surface area contributed by atoms with Gasteiger partial charge in [0.25, 0.3) is 0 Å². The minimum atomic E-state index is -2.86. The van der Waals surface area contributed by atoms with Crippen LogP contribution in [0.25, 0.3) is 0 Å². The van der Waals surface area contributed by atoms with E-state index in [1.807, 2.05) is 0 Å². The summed E-state index contributed by atoms with van der Waals surface area (Å²) >= 11 is 0. The van der Waals surface area contributed by atoms with Crippen molar-refractivity contribution in [3.05, 3.63) is 11.8 Å². The fraction of sp³-hybridized carbons (Fsp3) is 0.333. The van der Waals surface area contributed by atoms with E-state index in [4.69, 9.17) is 10.9 Å². The van der Waals surface area contributed by atoms with Crippen LogP contribution in [0, 0.1) is 12.3 Å². The first kappa shape index (κ1) is 7.40. The SMILES string of the molecule is C#CC1=COP(=O)(OC)C1. The smallest absolute Gasteiger partial charge is 0.383 e. The molecule has 0 aromatic carbocycles. The Morgan fingerprint density at radius 2 is 2.70 bits per heavy atom. The van der Waals surface area contributed by atoms with E-state index in [0.29, 0.717) is 5.57 Å². The van der Waals surface area contributed by atoms with Crippen LogP contribution in [0.4, 0.5) is 0 Å². The molecule has 0 fully saturated rings. The van der Waals surface area contributed by atoms with E-state index in [-0.39, 0.29) is 6.16 Å². The zero-order chi connectivity index (χ0) is 7.61. The normalized spacial score (nSPS) is 30.6. The van der Waals surface area contributed by atoms with E-state index >= 15 is 0 Å². The van der Waals surface area contributed by atoms with Crippen LogP contribution in [0.3, 0.4) is 0 Å². The van der Waals surface area contributed by atoms with Crippen LogP contribution in [0.1, 0.15) is 0 Å². The van der Waals surface area contributed by atoms with E-state index < -0.39 is 7.60 Å². The summed E-state index contributed by atoms with van der Waals surface area (Å²) in [6.07, 6.45) is 6.57. The molecule has 0 bridgehead atoms. The van der Waals surface area contributed by atoms with Crippen LogP contribution >= 0.6 is 7.60 Å². The van der Waals surface area contributed by atoms with Crippen molar-refractivity contribution in [2.24, 2.45) is 0 Å². The highest BCUT2D eigenvalue weighted by atomic mass is 31.2. The second-order valence-corrected chi connectivity index (χ2v) is 3.96. The standard InChI is InChI=1S/C6H7O3P/c1-3-6-4-9-10(7,5-6)8-2/h1,4H,5H2,2H3. The molecule has 3 nitrogen and oxygen atoms in total. The Hall–Kier alpha value is -0.710. The van der Waals surface area contributed by atoms with Crippen molar-refractivity contribution in [3.63, 3.8) is 0 Å². The summed E-state index contributed by atoms with van der Waals surface area (Å²) in [4.78, 5) is 0. The molecule has 0 N–H and O–H groups in total. The number of allylic oxidation sites excluding steroid dienone is 1. The molecule has 0 aromatic rings. The Morgan fingerprint density at radius 3 is 3.00 bits per heavy atom. The predicted molar refractivity (Wildman–Crippen MR) is 37.5 cm³/mol. The fourth-order valence-corrected chi connectivity index (χ4v) is 1.77. The lowest BCUT2D eigenvalue weighted by atomic mass is 10.4. The Balaban J connectivity index is 2.70. The Morgan fingerprint density at radius 1 is 2.00 bits per heavy atom. The van der Waals surface area contributed by atoms with Gasteiger partial charge in [-0.25, -0.2) is 4.57 Å². The van der Waals surface area contributed by atoms with Gasteiger partial charge in [-0.3, -0.25) is 0 Å². The van der Waals surface area contributed by atoms with Gasteiger partial charge in [0.1, 0.15) is 6.26 Å². The highest BCUT2D eigenvalue weighted by Crippen LogP contribution is 2.52. The molecule has 0 saturated heterocycles. The van der Waals surface area contributed by atoms with Gasteiger partial charge in [-0.2, -0.15) is 0 Å². The molecular formula is C6H7O3P. The lowest BCUT2D eigenvalue weighted by molar-refractivity contribution is 0.310. The molecule has 1 heterocycles. The molecule has 0 saturated carbocycles. The summed E-state index contributed by atoms with van der Waals surface area (Å²) in [5.41, 5.74) is 0.588. The van der Waals surface area contributed by atoms with Crippen molar-refractivity contribution >= 4 is 7.60 Å². The molecule has 0 radical (unpaired) electrons. The van der Waals surface area contributed by atoms with Crippen LogP contribution in [0.2, 0.25) is 0 Å². The van der Waals surface area contributed by atoms with E-state index in [1.54, 1.807) is 0 Å². The number of terminal acetylenes is 1. The third kappa shape index (κ3) is 1.23. The van der Waals surface area contributed by atoms with Gasteiger partial charge in [0.05, 0.1) is 6.16 Å². The van der Waals surface area contributed by atoms with Crippen molar-refractivity contribution in [2.45, 2.75) is 0 Å². The maximum atomic E-state index is 11.2. The quantitative estimate of drug-likeness (QED) is 0.427. The van der Waals surface area contributed by atoms with Gasteiger partial charge >= 0.3 is 7.60 Å². The first-order valence-corrected chi connectivity index (χ1v) is 4.42. The largest absolute Gasteiger partial charge is 0.431 e. The van der Waals surface area contributed by atoms with Gasteiger partial charge in [0.15, 0.2) is 0 Å². The molecule has 1 unspecified atom stereocenters. The summed E-state index contributed by atoms with van der Waals surface area (Å²) < 4.78 is 20.5. The Kier molecular flexibility index (Phi) is 1.85. The summed E-state index contributed by atoms with van der Waals surface area (Å²) in [5.74, 6) is 2.34. The summed E-state index contributed by atoms with van der Waals surface area (Å²) in [6.45, 7) is 0. The third-order valence-corrected chi connectivity index (χ3v) is 2.89.